The van der Waals surface area contributed by atoms with Crippen molar-refractivity contribution < 1.29 is 9.90 Å². The first-order valence-corrected chi connectivity index (χ1v) is 9.25. The van der Waals surface area contributed by atoms with Crippen LogP contribution in [0.3, 0.4) is 0 Å². The number of aromatic hydroxyl groups is 1. The lowest BCUT2D eigenvalue weighted by molar-refractivity contribution is -0.121. The molecule has 0 aliphatic heterocycles. The fourth-order valence-corrected chi connectivity index (χ4v) is 2.85. The van der Waals surface area contributed by atoms with Crippen molar-refractivity contribution in [2.75, 3.05) is 0 Å². The van der Waals surface area contributed by atoms with Crippen LogP contribution in [-0.2, 0) is 4.79 Å². The Labute approximate surface area is 149 Å². The number of phenolic OH excluding ortho intramolecular Hbond substituents is 1. The summed E-state index contributed by atoms with van der Waals surface area (Å²) in [6, 6.07) is 11.3. The largest absolute Gasteiger partial charge is 0.507 e. The average Bonchev–Trinajstić information content (AvgIpc) is 2.63. The lowest BCUT2D eigenvalue weighted by Gasteiger charge is -2.04. The third-order valence-electron chi connectivity index (χ3n) is 4.33. The summed E-state index contributed by atoms with van der Waals surface area (Å²) in [5.74, 6) is 0.105. The third-order valence-corrected chi connectivity index (χ3v) is 4.33. The first-order valence-electron chi connectivity index (χ1n) is 9.25. The van der Waals surface area contributed by atoms with E-state index in [1.54, 1.807) is 6.07 Å². The number of hydrazone groups is 1. The van der Waals surface area contributed by atoms with Gasteiger partial charge in [-0.05, 0) is 17.9 Å². The summed E-state index contributed by atoms with van der Waals surface area (Å²) in [5.41, 5.74) is 3.13. The van der Waals surface area contributed by atoms with Gasteiger partial charge in [0, 0.05) is 17.4 Å². The van der Waals surface area contributed by atoms with Crippen LogP contribution in [0.2, 0.25) is 0 Å². The minimum Gasteiger partial charge on any atom is -0.507 e. The lowest BCUT2D eigenvalue weighted by atomic mass is 10.1. The van der Waals surface area contributed by atoms with Crippen LogP contribution in [0.4, 0.5) is 0 Å². The zero-order chi connectivity index (χ0) is 17.9. The van der Waals surface area contributed by atoms with E-state index in [0.717, 1.165) is 23.6 Å². The molecule has 0 aliphatic carbocycles. The second-order valence-electron chi connectivity index (χ2n) is 6.39. The molecule has 0 radical (unpaired) electrons. The van der Waals surface area contributed by atoms with Crippen molar-refractivity contribution in [2.45, 2.75) is 58.3 Å². The number of phenols is 1. The van der Waals surface area contributed by atoms with E-state index in [9.17, 15) is 9.90 Å². The van der Waals surface area contributed by atoms with Crippen molar-refractivity contribution >= 4 is 22.9 Å². The van der Waals surface area contributed by atoms with Gasteiger partial charge in [0.25, 0.3) is 0 Å². The highest BCUT2D eigenvalue weighted by Crippen LogP contribution is 2.27. The Bertz CT molecular complexity index is 710. The summed E-state index contributed by atoms with van der Waals surface area (Å²) in [5, 5.41) is 16.0. The SMILES string of the molecule is CCCCCCCCCC(=O)N/N=C/c1ccc2ccccc2c1O. The quantitative estimate of drug-likeness (QED) is 0.357. The van der Waals surface area contributed by atoms with Crippen molar-refractivity contribution in [3.63, 3.8) is 0 Å². The Kier molecular flexibility index (Phi) is 7.96. The van der Waals surface area contributed by atoms with Gasteiger partial charge in [-0.2, -0.15) is 5.10 Å². The molecule has 0 unspecified atom stereocenters. The van der Waals surface area contributed by atoms with Crippen LogP contribution in [-0.4, -0.2) is 17.2 Å². The first-order chi connectivity index (χ1) is 12.2. The van der Waals surface area contributed by atoms with Gasteiger partial charge in [-0.15, -0.1) is 0 Å². The maximum Gasteiger partial charge on any atom is 0.240 e. The molecule has 4 heteroatoms. The van der Waals surface area contributed by atoms with Crippen molar-refractivity contribution in [2.24, 2.45) is 5.10 Å². The molecular formula is C21H28N2O2. The molecule has 0 fully saturated rings. The Hall–Kier alpha value is -2.36. The van der Waals surface area contributed by atoms with Crippen molar-refractivity contribution in [3.8, 4) is 5.75 Å². The van der Waals surface area contributed by atoms with E-state index >= 15 is 0 Å². The Morgan fingerprint density at radius 2 is 1.76 bits per heavy atom. The number of hydrogen-bond acceptors (Lipinski definition) is 3. The van der Waals surface area contributed by atoms with E-state index in [1.807, 2.05) is 30.3 Å². The molecular weight excluding hydrogens is 312 g/mol. The number of carbonyl (C=O) groups excluding carboxylic acids is 1. The van der Waals surface area contributed by atoms with Crippen LogP contribution >= 0.6 is 0 Å². The van der Waals surface area contributed by atoms with Crippen molar-refractivity contribution in [3.05, 3.63) is 42.0 Å². The number of fused-ring (bicyclic) bond motifs is 1. The summed E-state index contributed by atoms with van der Waals surface area (Å²) in [6.07, 6.45) is 10.3. The molecule has 0 heterocycles. The Morgan fingerprint density at radius 1 is 1.04 bits per heavy atom. The molecule has 0 atom stereocenters. The van der Waals surface area contributed by atoms with E-state index < -0.39 is 0 Å². The number of nitrogens with one attached hydrogen (secondary N) is 1. The predicted molar refractivity (Wildman–Crippen MR) is 104 cm³/mol. The number of hydrogen-bond donors (Lipinski definition) is 2. The van der Waals surface area contributed by atoms with E-state index in [2.05, 4.69) is 17.5 Å². The highest BCUT2D eigenvalue weighted by molar-refractivity contribution is 5.97. The van der Waals surface area contributed by atoms with Gasteiger partial charge in [0.15, 0.2) is 0 Å². The molecule has 0 saturated heterocycles. The maximum atomic E-state index is 11.8. The molecule has 0 saturated carbocycles. The number of benzene rings is 2. The molecule has 0 aliphatic rings. The van der Waals surface area contributed by atoms with Crippen LogP contribution in [0, 0.1) is 0 Å². The Morgan fingerprint density at radius 3 is 2.56 bits per heavy atom. The van der Waals surface area contributed by atoms with E-state index in [4.69, 9.17) is 0 Å². The molecule has 4 nitrogen and oxygen atoms in total. The number of unbranched alkanes of at least 4 members (excludes halogenated alkanes) is 6. The molecule has 2 rings (SSSR count). The van der Waals surface area contributed by atoms with E-state index in [0.29, 0.717) is 12.0 Å². The maximum absolute atomic E-state index is 11.8. The van der Waals surface area contributed by atoms with Gasteiger partial charge in [-0.1, -0.05) is 75.8 Å². The van der Waals surface area contributed by atoms with Gasteiger partial charge >= 0.3 is 0 Å². The Balaban J connectivity index is 1.73. The highest BCUT2D eigenvalue weighted by Gasteiger charge is 2.04. The zero-order valence-corrected chi connectivity index (χ0v) is 15.0. The fraction of sp³-hybridized carbons (Fsp3) is 0.429. The van der Waals surface area contributed by atoms with Crippen LogP contribution in [0.15, 0.2) is 41.5 Å². The monoisotopic (exact) mass is 340 g/mol. The zero-order valence-electron chi connectivity index (χ0n) is 15.0. The normalized spacial score (nSPS) is 11.2. The van der Waals surface area contributed by atoms with Crippen LogP contribution in [0.1, 0.15) is 63.9 Å². The minimum absolute atomic E-state index is 0.0786. The highest BCUT2D eigenvalue weighted by atomic mass is 16.3. The fourth-order valence-electron chi connectivity index (χ4n) is 2.85. The summed E-state index contributed by atoms with van der Waals surface area (Å²) >= 11 is 0. The van der Waals surface area contributed by atoms with Crippen LogP contribution < -0.4 is 5.43 Å². The molecule has 0 spiro atoms. The molecule has 2 aromatic carbocycles. The molecule has 1 amide bonds. The summed E-state index contributed by atoms with van der Waals surface area (Å²) in [6.45, 7) is 2.21. The molecule has 2 N–H and O–H groups in total. The second kappa shape index (κ2) is 10.5. The second-order valence-corrected chi connectivity index (χ2v) is 6.39. The summed E-state index contributed by atoms with van der Waals surface area (Å²) in [7, 11) is 0. The third kappa shape index (κ3) is 6.22. The topological polar surface area (TPSA) is 61.7 Å². The van der Waals surface area contributed by atoms with E-state index in [1.165, 1.54) is 38.3 Å². The summed E-state index contributed by atoms with van der Waals surface area (Å²) in [4.78, 5) is 11.8. The van der Waals surface area contributed by atoms with Gasteiger partial charge in [0.2, 0.25) is 5.91 Å². The number of nitrogens with zero attached hydrogens (tertiary/aromatic N) is 1. The standard InChI is InChI=1S/C21H28N2O2/c1-2-3-4-5-6-7-8-13-20(24)23-22-16-18-15-14-17-11-9-10-12-19(17)21(18)25/h9-12,14-16,25H,2-8,13H2,1H3,(H,23,24)/b22-16+. The van der Waals surface area contributed by atoms with Gasteiger partial charge in [-0.25, -0.2) is 5.43 Å². The molecule has 0 aromatic heterocycles. The summed E-state index contributed by atoms with van der Waals surface area (Å²) < 4.78 is 0. The van der Waals surface area contributed by atoms with E-state index in [-0.39, 0.29) is 11.7 Å². The van der Waals surface area contributed by atoms with Gasteiger partial charge in [0.1, 0.15) is 5.75 Å². The average molecular weight is 340 g/mol. The van der Waals surface area contributed by atoms with Gasteiger partial charge in [0.05, 0.1) is 6.21 Å². The van der Waals surface area contributed by atoms with Crippen LogP contribution in [0.25, 0.3) is 10.8 Å². The molecule has 25 heavy (non-hydrogen) atoms. The number of rotatable bonds is 10. The van der Waals surface area contributed by atoms with Crippen molar-refractivity contribution in [1.82, 2.24) is 5.43 Å². The smallest absolute Gasteiger partial charge is 0.240 e. The van der Waals surface area contributed by atoms with Crippen LogP contribution in [0.5, 0.6) is 5.75 Å². The van der Waals surface area contributed by atoms with Gasteiger partial charge < -0.3 is 5.11 Å². The predicted octanol–water partition coefficient (Wildman–Crippen LogP) is 5.14. The molecule has 2 aromatic rings. The van der Waals surface area contributed by atoms with Crippen molar-refractivity contribution in [1.29, 1.82) is 0 Å². The first kappa shape index (κ1) is 19.0. The number of amides is 1. The molecule has 134 valence electrons. The minimum atomic E-state index is -0.0786. The number of carbonyl (C=O) groups is 1. The molecule has 0 bridgehead atoms. The lowest BCUT2D eigenvalue weighted by Crippen LogP contribution is -2.16. The van der Waals surface area contributed by atoms with Gasteiger partial charge in [-0.3, -0.25) is 4.79 Å².